The second kappa shape index (κ2) is 8.04. The molecule has 0 saturated heterocycles. The number of hydrogen-bond donors (Lipinski definition) is 2. The molecule has 2 N–H and O–H groups in total. The summed E-state index contributed by atoms with van der Waals surface area (Å²) in [6.45, 7) is 0. The molecule has 9 nitrogen and oxygen atoms in total. The number of nitrogens with zero attached hydrogens (tertiary/aromatic N) is 5. The Morgan fingerprint density at radius 3 is 2.68 bits per heavy atom. The minimum Gasteiger partial charge on any atom is -0.326 e. The lowest BCUT2D eigenvalue weighted by atomic mass is 10.0. The number of aldehydes is 1. The fourth-order valence-electron chi connectivity index (χ4n) is 3.16. The molecule has 10 heteroatoms. The van der Waals surface area contributed by atoms with E-state index < -0.39 is 22.9 Å². The van der Waals surface area contributed by atoms with Crippen LogP contribution in [0.15, 0.2) is 54.9 Å². The van der Waals surface area contributed by atoms with E-state index in [4.69, 9.17) is 0 Å². The van der Waals surface area contributed by atoms with E-state index in [0.717, 1.165) is 0 Å². The van der Waals surface area contributed by atoms with Crippen LogP contribution in [0.3, 0.4) is 0 Å². The first-order valence-electron chi connectivity index (χ1n) is 9.54. The Morgan fingerprint density at radius 2 is 2.06 bits per heavy atom. The molecular formula is C21H18FN7O2. The minimum atomic E-state index is -1.56. The van der Waals surface area contributed by atoms with Crippen LogP contribution in [0.2, 0.25) is 0 Å². The predicted octanol–water partition coefficient (Wildman–Crippen LogP) is 1.31. The number of hydrogen-bond acceptors (Lipinski definition) is 7. The van der Waals surface area contributed by atoms with Gasteiger partial charge < -0.3 is 5.32 Å². The summed E-state index contributed by atoms with van der Waals surface area (Å²) in [6.07, 6.45) is 4.57. The van der Waals surface area contributed by atoms with Crippen LogP contribution in [0.5, 0.6) is 0 Å². The highest BCUT2D eigenvalue weighted by molar-refractivity contribution is 5.94. The van der Waals surface area contributed by atoms with Gasteiger partial charge in [0.2, 0.25) is 0 Å². The molecule has 156 valence electrons. The average molecular weight is 419 g/mol. The number of halogens is 1. The number of rotatable bonds is 8. The number of nitriles is 1. The number of nitrogens with one attached hydrogen (secondary N) is 2. The Hall–Kier alpha value is -3.97. The van der Waals surface area contributed by atoms with Crippen molar-refractivity contribution in [3.05, 3.63) is 72.1 Å². The minimum absolute atomic E-state index is 0.0403. The third-order valence-electron chi connectivity index (χ3n) is 4.93. The van der Waals surface area contributed by atoms with Crippen molar-refractivity contribution in [1.82, 2.24) is 30.6 Å². The van der Waals surface area contributed by atoms with Gasteiger partial charge in [-0.05, 0) is 49.2 Å². The van der Waals surface area contributed by atoms with E-state index in [1.807, 2.05) is 0 Å². The Labute approximate surface area is 176 Å². The first kappa shape index (κ1) is 20.3. The Morgan fingerprint density at radius 1 is 1.29 bits per heavy atom. The van der Waals surface area contributed by atoms with Gasteiger partial charge >= 0.3 is 0 Å². The van der Waals surface area contributed by atoms with Gasteiger partial charge in [0.1, 0.15) is 11.4 Å². The highest BCUT2D eigenvalue weighted by atomic mass is 19.1. The summed E-state index contributed by atoms with van der Waals surface area (Å²) in [7, 11) is 0. The first-order valence-corrected chi connectivity index (χ1v) is 9.54. The third-order valence-corrected chi connectivity index (χ3v) is 4.93. The van der Waals surface area contributed by atoms with Crippen LogP contribution in [-0.2, 0) is 11.2 Å². The molecule has 0 aliphatic heterocycles. The van der Waals surface area contributed by atoms with Crippen molar-refractivity contribution in [3.8, 4) is 11.8 Å². The van der Waals surface area contributed by atoms with Gasteiger partial charge in [-0.3, -0.25) is 19.9 Å². The normalized spacial score (nSPS) is 16.0. The summed E-state index contributed by atoms with van der Waals surface area (Å²) in [4.78, 5) is 30.5. The van der Waals surface area contributed by atoms with E-state index in [1.165, 1.54) is 35.3 Å². The van der Waals surface area contributed by atoms with Crippen LogP contribution >= 0.6 is 0 Å². The fraction of sp³-hybridized carbons (Fsp3) is 0.238. The van der Waals surface area contributed by atoms with Crippen molar-refractivity contribution in [2.75, 3.05) is 0 Å². The quantitative estimate of drug-likeness (QED) is 0.416. The molecule has 0 unspecified atom stereocenters. The maximum absolute atomic E-state index is 13.1. The Bertz CT molecular complexity index is 1140. The summed E-state index contributed by atoms with van der Waals surface area (Å²) < 4.78 is 13.1. The average Bonchev–Trinajstić information content (AvgIpc) is 3.37. The van der Waals surface area contributed by atoms with Crippen molar-refractivity contribution in [1.29, 1.82) is 5.26 Å². The van der Waals surface area contributed by atoms with Gasteiger partial charge in [-0.15, -0.1) is 5.10 Å². The number of benzene rings is 1. The number of pyridine rings is 1. The Balaban J connectivity index is 1.59. The lowest BCUT2D eigenvalue weighted by Gasteiger charge is -2.32. The van der Waals surface area contributed by atoms with Crippen molar-refractivity contribution >= 4 is 12.2 Å². The maximum atomic E-state index is 13.1. The molecule has 0 spiro atoms. The first-order chi connectivity index (χ1) is 15.0. The van der Waals surface area contributed by atoms with Crippen LogP contribution in [0, 0.1) is 17.1 Å². The maximum Gasteiger partial charge on any atom is 0.275 e. The zero-order valence-electron chi connectivity index (χ0n) is 16.3. The predicted molar refractivity (Wildman–Crippen MR) is 106 cm³/mol. The number of carbonyl (C=O) groups excluding carboxylic acids is 2. The molecule has 1 atom stereocenters. The Kier molecular flexibility index (Phi) is 5.27. The van der Waals surface area contributed by atoms with Gasteiger partial charge in [-0.1, -0.05) is 6.07 Å². The van der Waals surface area contributed by atoms with Crippen molar-refractivity contribution < 1.29 is 14.0 Å². The highest BCUT2D eigenvalue weighted by Gasteiger charge is 2.50. The topological polar surface area (TPSA) is 126 Å². The van der Waals surface area contributed by atoms with Crippen molar-refractivity contribution in [3.63, 3.8) is 0 Å². The largest absolute Gasteiger partial charge is 0.326 e. The molecule has 31 heavy (non-hydrogen) atoms. The molecule has 0 bridgehead atoms. The van der Waals surface area contributed by atoms with Gasteiger partial charge in [0.25, 0.3) is 5.91 Å². The second-order valence-corrected chi connectivity index (χ2v) is 7.36. The lowest BCUT2D eigenvalue weighted by Crippen LogP contribution is -2.65. The summed E-state index contributed by atoms with van der Waals surface area (Å²) in [5.74, 6) is -1.06. The summed E-state index contributed by atoms with van der Waals surface area (Å²) in [5, 5.41) is 23.3. The van der Waals surface area contributed by atoms with E-state index >= 15 is 0 Å². The van der Waals surface area contributed by atoms with E-state index in [1.54, 1.807) is 24.4 Å². The summed E-state index contributed by atoms with van der Waals surface area (Å²) in [5.41, 5.74) is -1.45. The highest BCUT2D eigenvalue weighted by Crippen LogP contribution is 2.36. The zero-order chi connectivity index (χ0) is 21.9. The number of amides is 1. The van der Waals surface area contributed by atoms with Gasteiger partial charge in [0.15, 0.2) is 17.6 Å². The summed E-state index contributed by atoms with van der Waals surface area (Å²) >= 11 is 0. The molecule has 2 aromatic heterocycles. The van der Waals surface area contributed by atoms with Crippen LogP contribution in [0.4, 0.5) is 4.39 Å². The van der Waals surface area contributed by atoms with Gasteiger partial charge in [0.05, 0.1) is 18.0 Å². The number of carbonyl (C=O) groups is 2. The van der Waals surface area contributed by atoms with Crippen LogP contribution in [-0.4, -0.2) is 43.4 Å². The van der Waals surface area contributed by atoms with E-state index in [0.29, 0.717) is 30.5 Å². The smallest absolute Gasteiger partial charge is 0.275 e. The summed E-state index contributed by atoms with van der Waals surface area (Å²) in [6, 6.07) is 12.9. The second-order valence-electron chi connectivity index (χ2n) is 7.36. The molecule has 1 aromatic carbocycles. The van der Waals surface area contributed by atoms with E-state index in [-0.39, 0.29) is 12.1 Å². The molecule has 1 fully saturated rings. The van der Waals surface area contributed by atoms with Crippen molar-refractivity contribution in [2.45, 2.75) is 30.5 Å². The molecule has 2 heterocycles. The van der Waals surface area contributed by atoms with E-state index in [9.17, 15) is 19.2 Å². The van der Waals surface area contributed by atoms with Crippen LogP contribution < -0.4 is 10.6 Å². The van der Waals surface area contributed by atoms with Crippen LogP contribution in [0.25, 0.3) is 5.69 Å². The third kappa shape index (κ3) is 4.46. The van der Waals surface area contributed by atoms with Crippen molar-refractivity contribution in [2.24, 2.45) is 0 Å². The van der Waals surface area contributed by atoms with Gasteiger partial charge in [0, 0.05) is 18.3 Å². The molecule has 0 radical (unpaired) electrons. The molecule has 1 aliphatic rings. The standard InChI is InChI=1S/C21H18FN7O2/c22-15-4-6-17(7-5-15)29-25-12-18(27-29)19(31)26-21(14-30,28-20(13-23)8-9-20)11-16-3-1-2-10-24-16/h1-7,10,12,14,28H,8-9,11H2,(H,26,31)/t21-/m1/s1. The monoisotopic (exact) mass is 419 g/mol. The van der Waals surface area contributed by atoms with Gasteiger partial charge in [-0.25, -0.2) is 4.39 Å². The SMILES string of the molecule is N#CC1(N[C@@](C=O)(Cc2ccccn2)NC(=O)c2cnn(-c3ccc(F)cc3)n2)CC1. The van der Waals surface area contributed by atoms with E-state index in [2.05, 4.69) is 31.9 Å². The zero-order valence-corrected chi connectivity index (χ0v) is 16.3. The molecule has 1 amide bonds. The van der Waals surface area contributed by atoms with Gasteiger partial charge in [-0.2, -0.15) is 15.2 Å². The fourth-order valence-corrected chi connectivity index (χ4v) is 3.16. The molecule has 3 aromatic rings. The molecule has 1 saturated carbocycles. The number of aromatic nitrogens is 4. The van der Waals surface area contributed by atoms with Crippen LogP contribution in [0.1, 0.15) is 29.0 Å². The lowest BCUT2D eigenvalue weighted by molar-refractivity contribution is -0.114. The molecule has 4 rings (SSSR count). The molecular weight excluding hydrogens is 401 g/mol. The molecule has 1 aliphatic carbocycles.